The number of benzene rings is 2. The maximum atomic E-state index is 13.0. The second-order valence-electron chi connectivity index (χ2n) is 7.09. The molecule has 0 bridgehead atoms. The summed E-state index contributed by atoms with van der Waals surface area (Å²) in [6.45, 7) is 4.64. The molecule has 0 aliphatic rings. The van der Waals surface area contributed by atoms with Gasteiger partial charge >= 0.3 is 5.97 Å². The Hall–Kier alpha value is -1.71. The third kappa shape index (κ3) is 5.21. The van der Waals surface area contributed by atoms with Gasteiger partial charge in [0.25, 0.3) is 5.91 Å². The van der Waals surface area contributed by atoms with Gasteiger partial charge in [0.05, 0.1) is 9.79 Å². The molecular formula is C19H19Br2NO5S. The lowest BCUT2D eigenvalue weighted by atomic mass is 10.0. The Balaban J connectivity index is 2.56. The highest BCUT2D eigenvalue weighted by Gasteiger charge is 2.30. The highest BCUT2D eigenvalue weighted by Crippen LogP contribution is 2.28. The van der Waals surface area contributed by atoms with Crippen LogP contribution in [-0.4, -0.2) is 42.4 Å². The number of rotatable bonds is 5. The van der Waals surface area contributed by atoms with E-state index in [9.17, 15) is 18.0 Å². The number of aliphatic carboxylic acids is 1. The van der Waals surface area contributed by atoms with Gasteiger partial charge in [0, 0.05) is 20.0 Å². The van der Waals surface area contributed by atoms with E-state index in [4.69, 9.17) is 5.11 Å². The predicted molar refractivity (Wildman–Crippen MR) is 112 cm³/mol. The summed E-state index contributed by atoms with van der Waals surface area (Å²) in [5.41, 5.74) is -0.680. The van der Waals surface area contributed by atoms with Crippen molar-refractivity contribution in [2.75, 3.05) is 6.54 Å². The summed E-state index contributed by atoms with van der Waals surface area (Å²) in [5.74, 6) is -1.72. The Morgan fingerprint density at radius 1 is 1.00 bits per heavy atom. The van der Waals surface area contributed by atoms with Crippen LogP contribution in [0.5, 0.6) is 0 Å². The van der Waals surface area contributed by atoms with Crippen LogP contribution in [0.4, 0.5) is 0 Å². The minimum Gasteiger partial charge on any atom is -0.480 e. The Labute approximate surface area is 180 Å². The van der Waals surface area contributed by atoms with Crippen LogP contribution < -0.4 is 0 Å². The summed E-state index contributed by atoms with van der Waals surface area (Å²) in [4.78, 5) is 25.4. The van der Waals surface area contributed by atoms with Crippen molar-refractivity contribution in [2.24, 2.45) is 0 Å². The fourth-order valence-electron chi connectivity index (χ4n) is 2.52. The fraction of sp³-hybridized carbons (Fsp3) is 0.263. The van der Waals surface area contributed by atoms with E-state index in [0.717, 1.165) is 0 Å². The Bertz CT molecular complexity index is 1030. The lowest BCUT2D eigenvalue weighted by Crippen LogP contribution is -2.48. The van der Waals surface area contributed by atoms with E-state index in [0.29, 0.717) is 8.95 Å². The molecule has 6 nitrogen and oxygen atoms in total. The monoisotopic (exact) mass is 531 g/mol. The van der Waals surface area contributed by atoms with Gasteiger partial charge in [-0.3, -0.25) is 9.59 Å². The molecular weight excluding hydrogens is 514 g/mol. The van der Waals surface area contributed by atoms with Gasteiger partial charge in [0.15, 0.2) is 0 Å². The smallest absolute Gasteiger partial charge is 0.323 e. The van der Waals surface area contributed by atoms with E-state index in [1.165, 1.54) is 35.2 Å². The van der Waals surface area contributed by atoms with Crippen LogP contribution in [0.1, 0.15) is 31.1 Å². The third-order valence-corrected chi connectivity index (χ3v) is 6.57. The van der Waals surface area contributed by atoms with Crippen molar-refractivity contribution in [3.63, 3.8) is 0 Å². The van der Waals surface area contributed by atoms with E-state index in [1.54, 1.807) is 32.9 Å². The highest BCUT2D eigenvalue weighted by atomic mass is 79.9. The molecule has 2 aromatic rings. The lowest BCUT2D eigenvalue weighted by molar-refractivity contribution is -0.138. The van der Waals surface area contributed by atoms with Crippen molar-refractivity contribution < 1.29 is 23.1 Å². The number of carbonyl (C=O) groups excluding carboxylic acids is 1. The molecule has 0 fully saturated rings. The lowest BCUT2D eigenvalue weighted by Gasteiger charge is -2.34. The fourth-order valence-corrected chi connectivity index (χ4v) is 5.09. The van der Waals surface area contributed by atoms with Gasteiger partial charge in [-0.25, -0.2) is 8.42 Å². The first-order valence-corrected chi connectivity index (χ1v) is 11.2. The van der Waals surface area contributed by atoms with Crippen LogP contribution in [0.25, 0.3) is 0 Å². The van der Waals surface area contributed by atoms with Crippen molar-refractivity contribution >= 4 is 53.6 Å². The molecule has 0 atom stereocenters. The molecule has 28 heavy (non-hydrogen) atoms. The average Bonchev–Trinajstić information content (AvgIpc) is 2.57. The number of halogens is 2. The number of nitrogens with zero attached hydrogens (tertiary/aromatic N) is 1. The number of carboxylic acid groups (broad SMARTS) is 1. The largest absolute Gasteiger partial charge is 0.480 e. The van der Waals surface area contributed by atoms with Crippen molar-refractivity contribution in [3.8, 4) is 0 Å². The van der Waals surface area contributed by atoms with Crippen molar-refractivity contribution in [3.05, 3.63) is 57.0 Å². The SMILES string of the molecule is CC(C)(C)N(CC(=O)O)C(=O)c1cc(Br)cc(S(=O)(=O)c2cccc(Br)c2)c1. The summed E-state index contributed by atoms with van der Waals surface area (Å²) in [6, 6.07) is 10.4. The van der Waals surface area contributed by atoms with E-state index in [2.05, 4.69) is 31.9 Å². The van der Waals surface area contributed by atoms with Crippen LogP contribution in [0.15, 0.2) is 61.2 Å². The Kier molecular flexibility index (Phi) is 6.73. The van der Waals surface area contributed by atoms with Crippen molar-refractivity contribution in [1.29, 1.82) is 0 Å². The molecule has 150 valence electrons. The number of hydrogen-bond acceptors (Lipinski definition) is 4. The quantitative estimate of drug-likeness (QED) is 0.617. The summed E-state index contributed by atoms with van der Waals surface area (Å²) < 4.78 is 27.0. The Morgan fingerprint density at radius 3 is 2.14 bits per heavy atom. The normalized spacial score (nSPS) is 11.9. The third-order valence-electron chi connectivity index (χ3n) is 3.88. The maximum Gasteiger partial charge on any atom is 0.323 e. The van der Waals surface area contributed by atoms with Crippen LogP contribution >= 0.6 is 31.9 Å². The molecule has 0 aromatic heterocycles. The molecule has 0 spiro atoms. The summed E-state index contributed by atoms with van der Waals surface area (Å²) in [5, 5.41) is 9.15. The van der Waals surface area contributed by atoms with E-state index < -0.39 is 33.8 Å². The zero-order valence-electron chi connectivity index (χ0n) is 15.4. The number of carbonyl (C=O) groups is 2. The molecule has 9 heteroatoms. The standard InChI is InChI=1S/C19H19Br2NO5S/c1-19(2,3)22(11-17(23)24)18(25)12-7-14(21)10-16(8-12)28(26,27)15-6-4-5-13(20)9-15/h4-10H,11H2,1-3H3,(H,23,24). The van der Waals surface area contributed by atoms with Crippen molar-refractivity contribution in [2.45, 2.75) is 36.1 Å². The van der Waals surface area contributed by atoms with Gasteiger partial charge in [-0.05, 0) is 57.2 Å². The molecule has 1 amide bonds. The second-order valence-corrected chi connectivity index (χ2v) is 10.9. The molecule has 0 aliphatic heterocycles. The molecule has 0 saturated carbocycles. The maximum absolute atomic E-state index is 13.0. The van der Waals surface area contributed by atoms with Gasteiger partial charge in [-0.2, -0.15) is 0 Å². The van der Waals surface area contributed by atoms with Crippen LogP contribution in [0.3, 0.4) is 0 Å². The summed E-state index contributed by atoms with van der Waals surface area (Å²) in [7, 11) is -3.87. The molecule has 0 unspecified atom stereocenters. The van der Waals surface area contributed by atoms with E-state index in [-0.39, 0.29) is 15.4 Å². The van der Waals surface area contributed by atoms with E-state index >= 15 is 0 Å². The average molecular weight is 533 g/mol. The van der Waals surface area contributed by atoms with Crippen molar-refractivity contribution in [1.82, 2.24) is 4.90 Å². The first-order valence-electron chi connectivity index (χ1n) is 8.17. The molecule has 0 heterocycles. The highest BCUT2D eigenvalue weighted by molar-refractivity contribution is 9.10. The molecule has 2 aromatic carbocycles. The number of sulfone groups is 1. The molecule has 1 N–H and O–H groups in total. The van der Waals surface area contributed by atoms with Gasteiger partial charge in [-0.15, -0.1) is 0 Å². The number of amides is 1. The van der Waals surface area contributed by atoms with Crippen LogP contribution in [0, 0.1) is 0 Å². The molecule has 0 saturated heterocycles. The first-order chi connectivity index (χ1) is 12.8. The minimum atomic E-state index is -3.87. The molecule has 2 rings (SSSR count). The zero-order valence-corrected chi connectivity index (χ0v) is 19.4. The minimum absolute atomic E-state index is 0.0625. The summed E-state index contributed by atoms with van der Waals surface area (Å²) in [6.07, 6.45) is 0. The number of carboxylic acids is 1. The topological polar surface area (TPSA) is 91.8 Å². The molecule has 0 radical (unpaired) electrons. The van der Waals surface area contributed by atoms with Gasteiger partial charge in [-0.1, -0.05) is 37.9 Å². The molecule has 0 aliphatic carbocycles. The van der Waals surface area contributed by atoms with Gasteiger partial charge in [0.1, 0.15) is 6.54 Å². The van der Waals surface area contributed by atoms with Crippen LogP contribution in [0.2, 0.25) is 0 Å². The van der Waals surface area contributed by atoms with Crippen LogP contribution in [-0.2, 0) is 14.6 Å². The summed E-state index contributed by atoms with van der Waals surface area (Å²) >= 11 is 6.50. The number of hydrogen-bond donors (Lipinski definition) is 1. The first kappa shape index (κ1) is 22.6. The zero-order chi connectivity index (χ0) is 21.3. The van der Waals surface area contributed by atoms with Gasteiger partial charge < -0.3 is 10.0 Å². The van der Waals surface area contributed by atoms with Gasteiger partial charge in [0.2, 0.25) is 9.84 Å². The predicted octanol–water partition coefficient (Wildman–Crippen LogP) is 4.37. The van der Waals surface area contributed by atoms with E-state index in [1.807, 2.05) is 0 Å². The Morgan fingerprint density at radius 2 is 1.61 bits per heavy atom. The second kappa shape index (κ2) is 8.34.